The van der Waals surface area contributed by atoms with E-state index in [1.54, 1.807) is 58.3 Å². The van der Waals surface area contributed by atoms with Crippen molar-refractivity contribution in [3.8, 4) is 5.88 Å². The average molecular weight is 1380 g/mol. The first-order chi connectivity index (χ1) is 38.4. The molecule has 10 rings (SSSR count). The lowest BCUT2D eigenvalue weighted by Gasteiger charge is -2.12. The summed E-state index contributed by atoms with van der Waals surface area (Å²) < 4.78 is 7.48. The van der Waals surface area contributed by atoms with Crippen molar-refractivity contribution in [2.45, 2.75) is 122 Å². The highest BCUT2D eigenvalue weighted by Crippen LogP contribution is 2.47. The molecule has 9 aromatic rings. The van der Waals surface area contributed by atoms with Crippen LogP contribution in [0.25, 0.3) is 0 Å². The first-order valence-corrected chi connectivity index (χ1v) is 31.4. The molecule has 0 spiro atoms. The SMILES string of the molecule is Cc1nc(C)c(CN)s1.Cc1nc(Cl)c(Br)c(NCc2sc(C)nc2C)n1.Cc1nc(Cl)cc(Cl)n1.Cc1nc(Cl)cc(NCc2sc(C)nc2C)n1.Cc1nc(NCc2sc(C)nc2C)c(Br)c(OC[C@H]2C[C@@H]2c2ccccn2)n1. The van der Waals surface area contributed by atoms with E-state index in [0.717, 1.165) is 71.0 Å². The van der Waals surface area contributed by atoms with Gasteiger partial charge in [0.05, 0.1) is 73.5 Å². The molecule has 9 aromatic heterocycles. The van der Waals surface area contributed by atoms with E-state index in [9.17, 15) is 0 Å². The van der Waals surface area contributed by atoms with Crippen LogP contribution < -0.4 is 26.4 Å². The first-order valence-electron chi connectivity index (χ1n) is 25.0. The number of nitrogens with one attached hydrogen (secondary N) is 3. The molecule has 430 valence electrons. The predicted molar refractivity (Wildman–Crippen MR) is 339 cm³/mol. The maximum atomic E-state index is 6.04. The normalized spacial score (nSPS) is 13.1. The van der Waals surface area contributed by atoms with Crippen molar-refractivity contribution >= 4 is 141 Å². The van der Waals surface area contributed by atoms with Gasteiger partial charge < -0.3 is 26.4 Å². The molecule has 5 N–H and O–H groups in total. The van der Waals surface area contributed by atoms with Crippen LogP contribution in [-0.2, 0) is 26.2 Å². The zero-order chi connectivity index (χ0) is 59.1. The molecule has 28 heteroatoms. The van der Waals surface area contributed by atoms with Gasteiger partial charge in [0.15, 0.2) is 0 Å². The molecule has 18 nitrogen and oxygen atoms in total. The number of anilines is 3. The van der Waals surface area contributed by atoms with Crippen LogP contribution in [-0.4, -0.2) is 71.4 Å². The van der Waals surface area contributed by atoms with E-state index in [1.807, 2.05) is 94.5 Å². The van der Waals surface area contributed by atoms with E-state index in [-0.39, 0.29) is 0 Å². The fourth-order valence-corrected chi connectivity index (χ4v) is 12.7. The molecule has 1 saturated carbocycles. The summed E-state index contributed by atoms with van der Waals surface area (Å²) in [6.45, 7) is 26.6. The van der Waals surface area contributed by atoms with Gasteiger partial charge in [0.2, 0.25) is 5.88 Å². The van der Waals surface area contributed by atoms with Crippen LogP contribution in [0.3, 0.4) is 0 Å². The highest BCUT2D eigenvalue weighted by atomic mass is 79.9. The first kappa shape index (κ1) is 65.4. The molecule has 0 aliphatic heterocycles. The molecule has 0 amide bonds. The van der Waals surface area contributed by atoms with Crippen LogP contribution in [0.1, 0.15) is 104 Å². The minimum Gasteiger partial charge on any atom is -0.476 e. The standard InChI is InChI=1S/C20H22BrN5OS.C11H12BrClN4S.C11H13ClN4S.C6H10N2S.C5H4Cl2N2/c1-11-17(28-13(3)24-11)9-23-19-18(21)20(26-12(2)25-19)27-10-14-8-15(14)16-6-4-5-7-22-16;1-5-8(18-7(3)15-5)4-14-11-9(12)10(13)16-6(2)17-11;1-6-9(17-8(3)14-6)5-13-11-4-10(12)15-7(2)16-11;1-4-6(3-7)9-5(2)8-4;1-3-8-4(6)2-5(7)9-3/h4-7,14-15H,8-10H2,1-3H3,(H,23,25,26);4H2,1-3H3,(H,14,16,17);4H,5H2,1-3H3,(H,13,15,16);3,7H2,1-2H3;2H,1H3/t14-,15+;;;;/m1..../s1. The maximum absolute atomic E-state index is 6.04. The summed E-state index contributed by atoms with van der Waals surface area (Å²) in [4.78, 5) is 60.0. The third-order valence-corrected chi connectivity index (χ3v) is 18.2. The molecule has 1 aliphatic rings. The van der Waals surface area contributed by atoms with E-state index < -0.39 is 0 Å². The monoisotopic (exact) mass is 1380 g/mol. The zero-order valence-electron chi connectivity index (χ0n) is 46.6. The number of nitrogens with zero attached hydrogens (tertiary/aromatic N) is 13. The minimum atomic E-state index is 0.382. The number of thiazole rings is 4. The van der Waals surface area contributed by atoms with Gasteiger partial charge in [0, 0.05) is 61.9 Å². The number of hydrogen-bond donors (Lipinski definition) is 4. The zero-order valence-corrected chi connectivity index (χ0v) is 56.0. The Morgan fingerprint density at radius 3 is 1.41 bits per heavy atom. The molecular weight excluding hydrogens is 1320 g/mol. The second-order valence-corrected chi connectivity index (χ2v) is 26.3. The summed E-state index contributed by atoms with van der Waals surface area (Å²) in [6.07, 6.45) is 2.95. The molecule has 1 aliphatic carbocycles. The van der Waals surface area contributed by atoms with Gasteiger partial charge in [-0.05, 0) is 133 Å². The van der Waals surface area contributed by atoms with E-state index in [0.29, 0.717) is 105 Å². The van der Waals surface area contributed by atoms with Gasteiger partial charge in [-0.15, -0.1) is 45.3 Å². The molecule has 1 fully saturated rings. The summed E-state index contributed by atoms with van der Waals surface area (Å²) in [7, 11) is 0. The largest absolute Gasteiger partial charge is 0.476 e. The van der Waals surface area contributed by atoms with Crippen molar-refractivity contribution < 1.29 is 4.74 Å². The third kappa shape index (κ3) is 20.8. The molecule has 2 atom stereocenters. The Balaban J connectivity index is 0.000000174. The summed E-state index contributed by atoms with van der Waals surface area (Å²) in [5.41, 5.74) is 10.8. The van der Waals surface area contributed by atoms with E-state index in [2.05, 4.69) is 119 Å². The Morgan fingerprint density at radius 2 is 0.975 bits per heavy atom. The fourth-order valence-electron chi connectivity index (χ4n) is 7.56. The number of aromatic nitrogens is 13. The number of nitrogens with two attached hydrogens (primary N) is 1. The van der Waals surface area contributed by atoms with Crippen LogP contribution >= 0.6 is 124 Å². The topological polar surface area (TPSA) is 239 Å². The van der Waals surface area contributed by atoms with E-state index in [1.165, 1.54) is 25.6 Å². The van der Waals surface area contributed by atoms with Gasteiger partial charge in [0.1, 0.15) is 65.8 Å². The van der Waals surface area contributed by atoms with Crippen molar-refractivity contribution in [1.29, 1.82) is 0 Å². The van der Waals surface area contributed by atoms with Gasteiger partial charge in [-0.2, -0.15) is 4.98 Å². The molecule has 0 saturated heterocycles. The molecule has 9 heterocycles. The highest BCUT2D eigenvalue weighted by molar-refractivity contribution is 9.11. The van der Waals surface area contributed by atoms with Crippen LogP contribution in [0.15, 0.2) is 45.5 Å². The van der Waals surface area contributed by atoms with Gasteiger partial charge in [-0.1, -0.05) is 52.5 Å². The number of aryl methyl sites for hydroxylation is 12. The van der Waals surface area contributed by atoms with Crippen LogP contribution in [0, 0.1) is 89.0 Å². The van der Waals surface area contributed by atoms with E-state index in [4.69, 9.17) is 56.9 Å². The molecule has 81 heavy (non-hydrogen) atoms. The van der Waals surface area contributed by atoms with Crippen LogP contribution in [0.4, 0.5) is 17.5 Å². The van der Waals surface area contributed by atoms with Crippen molar-refractivity contribution in [3.05, 3.63) is 157 Å². The van der Waals surface area contributed by atoms with Crippen molar-refractivity contribution in [2.24, 2.45) is 11.7 Å². The number of pyridine rings is 1. The second kappa shape index (κ2) is 31.2. The number of hydrogen-bond acceptors (Lipinski definition) is 22. The van der Waals surface area contributed by atoms with Crippen molar-refractivity contribution in [3.63, 3.8) is 0 Å². The molecule has 0 bridgehead atoms. The predicted octanol–water partition coefficient (Wildman–Crippen LogP) is 15.1. The summed E-state index contributed by atoms with van der Waals surface area (Å²) in [5, 5.41) is 15.8. The molecular formula is C53H61Br2Cl4N17OS4. The Morgan fingerprint density at radius 1 is 0.531 bits per heavy atom. The van der Waals surface area contributed by atoms with E-state index >= 15 is 0 Å². The lowest BCUT2D eigenvalue weighted by atomic mass is 10.2. The minimum absolute atomic E-state index is 0.382. The smallest absolute Gasteiger partial charge is 0.233 e. The molecule has 0 unspecified atom stereocenters. The van der Waals surface area contributed by atoms with Gasteiger partial charge in [-0.25, -0.2) is 54.8 Å². The van der Waals surface area contributed by atoms with Gasteiger partial charge >= 0.3 is 0 Å². The lowest BCUT2D eigenvalue weighted by Crippen LogP contribution is -2.08. The van der Waals surface area contributed by atoms with Crippen LogP contribution in [0.5, 0.6) is 5.88 Å². The maximum Gasteiger partial charge on any atom is 0.233 e. The average Bonchev–Trinajstić information content (AvgIpc) is 3.62. The quantitative estimate of drug-likeness (QED) is 0.0740. The molecule has 0 aromatic carbocycles. The second-order valence-electron chi connectivity index (χ2n) is 18.0. The fraction of sp³-hybridized carbons (Fsp3) is 0.377. The highest BCUT2D eigenvalue weighted by Gasteiger charge is 2.40. The Kier molecular flexibility index (Phi) is 25.2. The number of rotatable bonds is 14. The molecule has 0 radical (unpaired) electrons. The third-order valence-electron chi connectivity index (χ3n) is 11.3. The van der Waals surface area contributed by atoms with Gasteiger partial charge in [0.25, 0.3) is 0 Å². The Hall–Kier alpha value is -4.73. The summed E-state index contributed by atoms with van der Waals surface area (Å²) >= 11 is 36.6. The van der Waals surface area contributed by atoms with Crippen molar-refractivity contribution in [2.75, 3.05) is 22.6 Å². The summed E-state index contributed by atoms with van der Waals surface area (Å²) in [5.74, 6) is 6.31. The van der Waals surface area contributed by atoms with Crippen LogP contribution in [0.2, 0.25) is 20.6 Å². The van der Waals surface area contributed by atoms with Crippen molar-refractivity contribution in [1.82, 2.24) is 64.8 Å². The Labute approximate surface area is 525 Å². The summed E-state index contributed by atoms with van der Waals surface area (Å²) in [6, 6.07) is 9.28. The van der Waals surface area contributed by atoms with Gasteiger partial charge in [-0.3, -0.25) is 4.98 Å². The number of halogens is 6. The Bertz CT molecular complexity index is 3460. The number of ether oxygens (including phenoxy) is 1. The lowest BCUT2D eigenvalue weighted by molar-refractivity contribution is 0.282.